The highest BCUT2D eigenvalue weighted by atomic mass is 79.9. The average Bonchev–Trinajstić information content (AvgIpc) is 2.85. The highest BCUT2D eigenvalue weighted by Gasteiger charge is 2.25. The fourth-order valence-corrected chi connectivity index (χ4v) is 5.54. The molecule has 0 saturated heterocycles. The maximum atomic E-state index is 11.3. The van der Waals surface area contributed by atoms with Crippen LogP contribution in [0.3, 0.4) is 0 Å². The van der Waals surface area contributed by atoms with Crippen LogP contribution in [0.15, 0.2) is 80.5 Å². The third kappa shape index (κ3) is 5.90. The molecule has 0 atom stereocenters. The Kier molecular flexibility index (Phi) is 8.17. The second-order valence-corrected chi connectivity index (χ2v) is 10.2. The van der Waals surface area contributed by atoms with Crippen molar-refractivity contribution in [2.24, 2.45) is 0 Å². The molecule has 0 radical (unpaired) electrons. The van der Waals surface area contributed by atoms with E-state index in [9.17, 15) is 9.90 Å². The number of hydrogen-bond acceptors (Lipinski definition) is 5. The first-order valence-corrected chi connectivity index (χ1v) is 13.1. The predicted octanol–water partition coefficient (Wildman–Crippen LogP) is 8.33. The van der Waals surface area contributed by atoms with E-state index in [4.69, 9.17) is 10.00 Å². The molecule has 1 N–H and O–H groups in total. The van der Waals surface area contributed by atoms with Crippen LogP contribution in [0.4, 0.5) is 17.1 Å². The molecule has 0 saturated carbocycles. The summed E-state index contributed by atoms with van der Waals surface area (Å²) in [7, 11) is 0. The van der Waals surface area contributed by atoms with Gasteiger partial charge in [0.15, 0.2) is 0 Å². The minimum Gasteiger partial charge on any atom is -0.494 e. The number of fused-ring (bicyclic) bond motifs is 2. The molecule has 1 aliphatic rings. The Morgan fingerprint density at radius 3 is 2.46 bits per heavy atom. The summed E-state index contributed by atoms with van der Waals surface area (Å²) < 4.78 is 6.90. The van der Waals surface area contributed by atoms with Gasteiger partial charge in [-0.05, 0) is 72.7 Å². The van der Waals surface area contributed by atoms with Crippen LogP contribution in [0.5, 0.6) is 5.75 Å². The van der Waals surface area contributed by atoms with E-state index in [-0.39, 0.29) is 5.57 Å². The molecule has 3 aromatic rings. The highest BCUT2D eigenvalue weighted by molar-refractivity contribution is 9.10. The molecule has 0 aromatic heterocycles. The van der Waals surface area contributed by atoms with Crippen molar-refractivity contribution in [2.75, 3.05) is 11.5 Å². The standard InChI is InChI=1S/C28H25BrN2O3S/c1-2-3-4-5-14-34-23-10-8-22(9-11-23)31-24-12-6-19(15-20(18-30)28(32)33)16-26(24)35-27-17-21(29)7-13-25(27)31/h6-13,15-17H,2-5,14H2,1H3,(H,32,33)/b20-15-. The van der Waals surface area contributed by atoms with E-state index < -0.39 is 5.97 Å². The zero-order valence-corrected chi connectivity index (χ0v) is 21.7. The summed E-state index contributed by atoms with van der Waals surface area (Å²) in [4.78, 5) is 15.5. The SMILES string of the molecule is CCCCCCOc1ccc(N2c3ccc(Br)cc3Sc3cc(/C=C(/C#N)C(=O)O)ccc32)cc1. The van der Waals surface area contributed by atoms with Gasteiger partial charge in [0.1, 0.15) is 17.4 Å². The molecule has 0 aliphatic carbocycles. The molecule has 0 amide bonds. The number of ether oxygens (including phenoxy) is 1. The maximum Gasteiger partial charge on any atom is 0.346 e. The lowest BCUT2D eigenvalue weighted by molar-refractivity contribution is -0.132. The summed E-state index contributed by atoms with van der Waals surface area (Å²) in [6.07, 6.45) is 6.08. The summed E-state index contributed by atoms with van der Waals surface area (Å²) in [6.45, 7) is 2.92. The number of benzene rings is 3. The van der Waals surface area contributed by atoms with Gasteiger partial charge in [0, 0.05) is 20.0 Å². The van der Waals surface area contributed by atoms with Crippen molar-refractivity contribution >= 4 is 56.8 Å². The minimum atomic E-state index is -1.23. The van der Waals surface area contributed by atoms with Gasteiger partial charge in [-0.2, -0.15) is 5.26 Å². The van der Waals surface area contributed by atoms with Gasteiger partial charge in [-0.25, -0.2) is 4.79 Å². The summed E-state index contributed by atoms with van der Waals surface area (Å²) in [5.74, 6) is -0.382. The number of carboxylic acid groups (broad SMARTS) is 1. The lowest BCUT2D eigenvalue weighted by Gasteiger charge is -2.33. The Labute approximate surface area is 218 Å². The predicted molar refractivity (Wildman–Crippen MR) is 144 cm³/mol. The fourth-order valence-electron chi connectivity index (χ4n) is 3.89. The number of nitrogens with zero attached hydrogens (tertiary/aromatic N) is 2. The molecular weight excluding hydrogens is 524 g/mol. The zero-order chi connectivity index (χ0) is 24.8. The van der Waals surface area contributed by atoms with E-state index in [1.54, 1.807) is 17.8 Å². The molecule has 0 unspecified atom stereocenters. The Balaban J connectivity index is 1.66. The number of aliphatic carboxylic acids is 1. The van der Waals surface area contributed by atoms with Crippen molar-refractivity contribution in [1.82, 2.24) is 0 Å². The van der Waals surface area contributed by atoms with Gasteiger partial charge in [0.05, 0.1) is 18.0 Å². The topological polar surface area (TPSA) is 73.6 Å². The molecular formula is C28H25BrN2O3S. The smallest absolute Gasteiger partial charge is 0.346 e. The summed E-state index contributed by atoms with van der Waals surface area (Å²) in [5, 5.41) is 18.4. The van der Waals surface area contributed by atoms with Crippen LogP contribution in [0.25, 0.3) is 6.08 Å². The fraction of sp³-hybridized carbons (Fsp3) is 0.214. The van der Waals surface area contributed by atoms with Crippen molar-refractivity contribution in [2.45, 2.75) is 42.4 Å². The molecule has 7 heteroatoms. The molecule has 0 fully saturated rings. The minimum absolute atomic E-state index is 0.295. The number of rotatable bonds is 9. The lowest BCUT2D eigenvalue weighted by atomic mass is 10.1. The van der Waals surface area contributed by atoms with Crippen molar-refractivity contribution in [3.8, 4) is 11.8 Å². The molecule has 35 heavy (non-hydrogen) atoms. The van der Waals surface area contributed by atoms with E-state index in [2.05, 4.69) is 52.0 Å². The third-order valence-electron chi connectivity index (χ3n) is 5.63. The number of carboxylic acids is 1. The van der Waals surface area contributed by atoms with Crippen molar-refractivity contribution in [3.63, 3.8) is 0 Å². The Hall–Kier alpha value is -3.21. The van der Waals surface area contributed by atoms with Gasteiger partial charge in [0.2, 0.25) is 0 Å². The monoisotopic (exact) mass is 548 g/mol. The van der Waals surface area contributed by atoms with E-state index in [1.165, 1.54) is 25.3 Å². The van der Waals surface area contributed by atoms with Crippen LogP contribution >= 0.6 is 27.7 Å². The first-order chi connectivity index (χ1) is 17.0. The summed E-state index contributed by atoms with van der Waals surface area (Å²) in [5.41, 5.74) is 3.42. The van der Waals surface area contributed by atoms with Crippen molar-refractivity contribution < 1.29 is 14.6 Å². The zero-order valence-electron chi connectivity index (χ0n) is 19.3. The van der Waals surface area contributed by atoms with E-state index in [0.717, 1.165) is 50.1 Å². The number of hydrogen-bond donors (Lipinski definition) is 1. The van der Waals surface area contributed by atoms with E-state index in [1.807, 2.05) is 36.4 Å². The van der Waals surface area contributed by atoms with Crippen LogP contribution < -0.4 is 9.64 Å². The quantitative estimate of drug-likeness (QED) is 0.129. The molecule has 1 aliphatic heterocycles. The van der Waals surface area contributed by atoms with Crippen LogP contribution in [0.1, 0.15) is 38.2 Å². The molecule has 0 spiro atoms. The third-order valence-corrected chi connectivity index (χ3v) is 7.22. The maximum absolute atomic E-state index is 11.3. The molecule has 0 bridgehead atoms. The van der Waals surface area contributed by atoms with Crippen molar-refractivity contribution in [3.05, 3.63) is 76.3 Å². The van der Waals surface area contributed by atoms with Crippen LogP contribution in [-0.2, 0) is 4.79 Å². The van der Waals surface area contributed by atoms with Gasteiger partial charge in [-0.1, -0.05) is 59.9 Å². The van der Waals surface area contributed by atoms with Crippen molar-refractivity contribution in [1.29, 1.82) is 5.26 Å². The number of halogens is 1. The molecule has 5 nitrogen and oxygen atoms in total. The first-order valence-electron chi connectivity index (χ1n) is 11.5. The number of nitriles is 1. The summed E-state index contributed by atoms with van der Waals surface area (Å²) >= 11 is 5.19. The second kappa shape index (κ2) is 11.5. The molecule has 1 heterocycles. The average molecular weight is 549 g/mol. The Bertz CT molecular complexity index is 1300. The second-order valence-electron chi connectivity index (χ2n) is 8.15. The van der Waals surface area contributed by atoms with Gasteiger partial charge in [0.25, 0.3) is 0 Å². The van der Waals surface area contributed by atoms with Gasteiger partial charge < -0.3 is 14.7 Å². The normalized spacial score (nSPS) is 12.5. The van der Waals surface area contributed by atoms with Gasteiger partial charge >= 0.3 is 5.97 Å². The van der Waals surface area contributed by atoms with Crippen LogP contribution in [0.2, 0.25) is 0 Å². The highest BCUT2D eigenvalue weighted by Crippen LogP contribution is 2.52. The number of unbranched alkanes of at least 4 members (excludes halogenated alkanes) is 3. The number of anilines is 3. The van der Waals surface area contributed by atoms with E-state index in [0.29, 0.717) is 5.56 Å². The first kappa shape index (κ1) is 24.9. The Morgan fingerprint density at radius 1 is 1.06 bits per heavy atom. The van der Waals surface area contributed by atoms with Gasteiger partial charge in [-0.15, -0.1) is 0 Å². The number of carbonyl (C=O) groups is 1. The van der Waals surface area contributed by atoms with Crippen LogP contribution in [-0.4, -0.2) is 17.7 Å². The summed E-state index contributed by atoms with van der Waals surface area (Å²) in [6, 6.07) is 21.8. The van der Waals surface area contributed by atoms with Gasteiger partial charge in [-0.3, -0.25) is 0 Å². The Morgan fingerprint density at radius 2 is 1.77 bits per heavy atom. The molecule has 3 aromatic carbocycles. The van der Waals surface area contributed by atoms with Crippen LogP contribution in [0, 0.1) is 11.3 Å². The lowest BCUT2D eigenvalue weighted by Crippen LogP contribution is -2.15. The molecule has 4 rings (SSSR count). The largest absolute Gasteiger partial charge is 0.494 e. The van der Waals surface area contributed by atoms with E-state index >= 15 is 0 Å². The molecule has 178 valence electrons.